The van der Waals surface area contributed by atoms with Gasteiger partial charge in [0.05, 0.1) is 0 Å². The standard InChI is InChI=1S/C56H80/c1-13-17-21-25-45-49-33-51(39(7)29-37(49)5)46(26-22-18-14-2)53-35-55(43(11)31-41(53)9)48(28-24-20-16-4)56-36-54(42(10)32-44(56)12)47(27-23-19-15-3)52-34-50(45)38(6)30-40(52)8/h29-36,45-48H,13-28H2,1-12H3. The maximum atomic E-state index is 2.73. The molecule has 0 heteroatoms. The Hall–Kier alpha value is -3.12. The van der Waals surface area contributed by atoms with Gasteiger partial charge in [-0.25, -0.2) is 0 Å². The molecule has 4 aromatic carbocycles. The molecule has 1 aliphatic rings. The Labute approximate surface area is 345 Å². The summed E-state index contributed by atoms with van der Waals surface area (Å²) >= 11 is 0. The van der Waals surface area contributed by atoms with Gasteiger partial charge in [0.1, 0.15) is 0 Å². The lowest BCUT2D eigenvalue weighted by molar-refractivity contribution is 0.594. The van der Waals surface area contributed by atoms with Gasteiger partial charge in [0.2, 0.25) is 0 Å². The van der Waals surface area contributed by atoms with Crippen LogP contribution in [0.15, 0.2) is 48.5 Å². The molecule has 0 unspecified atom stereocenters. The molecule has 8 bridgehead atoms. The summed E-state index contributed by atoms with van der Waals surface area (Å²) < 4.78 is 0. The number of hydrogen-bond acceptors (Lipinski definition) is 0. The Morgan fingerprint density at radius 2 is 0.411 bits per heavy atom. The van der Waals surface area contributed by atoms with Crippen molar-refractivity contribution < 1.29 is 0 Å². The van der Waals surface area contributed by atoms with Crippen LogP contribution >= 0.6 is 0 Å². The van der Waals surface area contributed by atoms with Crippen LogP contribution in [0.25, 0.3) is 0 Å². The van der Waals surface area contributed by atoms with Crippen molar-refractivity contribution in [2.24, 2.45) is 0 Å². The number of rotatable bonds is 16. The average molecular weight is 753 g/mol. The van der Waals surface area contributed by atoms with E-state index in [0.717, 1.165) is 0 Å². The Morgan fingerprint density at radius 1 is 0.250 bits per heavy atom. The van der Waals surface area contributed by atoms with E-state index in [0.29, 0.717) is 23.7 Å². The Kier molecular flexibility index (Phi) is 16.1. The van der Waals surface area contributed by atoms with Crippen molar-refractivity contribution in [3.8, 4) is 0 Å². The topological polar surface area (TPSA) is 0 Å². The van der Waals surface area contributed by atoms with Crippen LogP contribution in [-0.4, -0.2) is 0 Å². The summed E-state index contributed by atoms with van der Waals surface area (Å²) in [6.07, 6.45) is 20.1. The largest absolute Gasteiger partial charge is 0.0654 e. The number of benzene rings is 4. The maximum absolute atomic E-state index is 2.73. The Morgan fingerprint density at radius 3 is 0.554 bits per heavy atom. The lowest BCUT2D eigenvalue weighted by atomic mass is 9.73. The number of fused-ring (bicyclic) bond motifs is 8. The molecule has 0 spiro atoms. The predicted octanol–water partition coefficient (Wildman–Crippen LogP) is 17.3. The summed E-state index contributed by atoms with van der Waals surface area (Å²) in [5.74, 6) is 1.59. The van der Waals surface area contributed by atoms with Gasteiger partial charge in [-0.2, -0.15) is 0 Å². The van der Waals surface area contributed by atoms with Crippen LogP contribution in [0.1, 0.15) is 243 Å². The fourth-order valence-corrected chi connectivity index (χ4v) is 10.9. The first-order chi connectivity index (χ1) is 26.9. The number of unbranched alkanes of at least 4 members (excludes halogenated alkanes) is 8. The second-order valence-corrected chi connectivity index (χ2v) is 18.5. The quantitative estimate of drug-likeness (QED) is 0.100. The van der Waals surface area contributed by atoms with Crippen LogP contribution in [0, 0.1) is 55.4 Å². The van der Waals surface area contributed by atoms with Crippen molar-refractivity contribution in [3.63, 3.8) is 0 Å². The van der Waals surface area contributed by atoms with Crippen LogP contribution in [0.3, 0.4) is 0 Å². The zero-order chi connectivity index (χ0) is 40.5. The summed E-state index contributed by atoms with van der Waals surface area (Å²) in [5, 5.41) is 0. The molecule has 0 atom stereocenters. The third-order valence-corrected chi connectivity index (χ3v) is 14.0. The lowest BCUT2D eigenvalue weighted by Crippen LogP contribution is -2.15. The van der Waals surface area contributed by atoms with Gasteiger partial charge in [-0.15, -0.1) is 0 Å². The highest BCUT2D eigenvalue weighted by Gasteiger charge is 2.29. The van der Waals surface area contributed by atoms with Crippen molar-refractivity contribution in [1.82, 2.24) is 0 Å². The monoisotopic (exact) mass is 753 g/mol. The number of hydrogen-bond donors (Lipinski definition) is 0. The minimum atomic E-state index is 0.396. The molecule has 4 aromatic rings. The van der Waals surface area contributed by atoms with Crippen LogP contribution in [-0.2, 0) is 0 Å². The van der Waals surface area contributed by atoms with Gasteiger partial charge < -0.3 is 0 Å². The lowest BCUT2D eigenvalue weighted by Gasteiger charge is -2.32. The fourth-order valence-electron chi connectivity index (χ4n) is 10.9. The van der Waals surface area contributed by atoms with E-state index in [1.165, 1.54) is 147 Å². The highest BCUT2D eigenvalue weighted by molar-refractivity contribution is 5.56. The SMILES string of the molecule is CCCCCC1c2cc(c(C)cc2C)C(CCCCC)c2cc(c(C)cc2C)C(CCCCC)c2cc(c(C)cc2C)C(CCCCC)c2cc1c(C)cc2C. The molecule has 0 heterocycles. The van der Waals surface area contributed by atoms with Gasteiger partial charge in [0.25, 0.3) is 0 Å². The molecule has 0 aliphatic heterocycles. The van der Waals surface area contributed by atoms with E-state index in [9.17, 15) is 0 Å². The normalized spacial score (nSPS) is 18.1. The predicted molar refractivity (Wildman–Crippen MR) is 248 cm³/mol. The minimum Gasteiger partial charge on any atom is -0.0654 e. The van der Waals surface area contributed by atoms with Crippen molar-refractivity contribution in [3.05, 3.63) is 138 Å². The molecule has 0 radical (unpaired) electrons. The highest BCUT2D eigenvalue weighted by atomic mass is 14.3. The first-order valence-electron chi connectivity index (χ1n) is 23.4. The molecule has 0 saturated heterocycles. The van der Waals surface area contributed by atoms with E-state index in [4.69, 9.17) is 0 Å². The molecule has 0 nitrogen and oxygen atoms in total. The van der Waals surface area contributed by atoms with Gasteiger partial charge in [-0.05, 0) is 170 Å². The Bertz CT molecular complexity index is 1520. The smallest absolute Gasteiger partial charge is 0.00948 e. The van der Waals surface area contributed by atoms with Gasteiger partial charge >= 0.3 is 0 Å². The van der Waals surface area contributed by atoms with E-state index in [2.05, 4.69) is 132 Å². The second-order valence-electron chi connectivity index (χ2n) is 18.5. The summed E-state index contributed by atoms with van der Waals surface area (Å²) in [7, 11) is 0. The zero-order valence-corrected chi connectivity index (χ0v) is 38.2. The summed E-state index contributed by atoms with van der Waals surface area (Å²) in [6, 6.07) is 21.2. The Balaban J connectivity index is 1.93. The van der Waals surface area contributed by atoms with Crippen LogP contribution in [0.5, 0.6) is 0 Å². The molecule has 0 aromatic heterocycles. The maximum Gasteiger partial charge on any atom is 0.00948 e. The van der Waals surface area contributed by atoms with E-state index < -0.39 is 0 Å². The highest BCUT2D eigenvalue weighted by Crippen LogP contribution is 2.46. The van der Waals surface area contributed by atoms with Crippen LogP contribution in [0.2, 0.25) is 0 Å². The van der Waals surface area contributed by atoms with Gasteiger partial charge in [0, 0.05) is 23.7 Å². The minimum absolute atomic E-state index is 0.396. The van der Waals surface area contributed by atoms with E-state index >= 15 is 0 Å². The van der Waals surface area contributed by atoms with Crippen molar-refractivity contribution >= 4 is 0 Å². The summed E-state index contributed by atoms with van der Waals surface area (Å²) in [5.41, 5.74) is 24.4. The molecule has 304 valence electrons. The molecule has 0 fully saturated rings. The van der Waals surface area contributed by atoms with Crippen LogP contribution in [0.4, 0.5) is 0 Å². The summed E-state index contributed by atoms with van der Waals surface area (Å²) in [4.78, 5) is 0. The summed E-state index contributed by atoms with van der Waals surface area (Å²) in [6.45, 7) is 28.7. The molecule has 0 N–H and O–H groups in total. The zero-order valence-electron chi connectivity index (χ0n) is 38.2. The molecular formula is C56H80. The molecule has 0 saturated carbocycles. The molecule has 0 amide bonds. The second kappa shape index (κ2) is 20.5. The van der Waals surface area contributed by atoms with E-state index in [-0.39, 0.29) is 0 Å². The van der Waals surface area contributed by atoms with Crippen LogP contribution < -0.4 is 0 Å². The first kappa shape index (κ1) is 44.0. The van der Waals surface area contributed by atoms with E-state index in [1.807, 2.05) is 0 Å². The average Bonchev–Trinajstić information content (AvgIpc) is 3.15. The fraction of sp³-hybridized carbons (Fsp3) is 0.571. The van der Waals surface area contributed by atoms with E-state index in [1.54, 1.807) is 44.5 Å². The molecule has 56 heavy (non-hydrogen) atoms. The third kappa shape index (κ3) is 9.93. The molecular weight excluding hydrogens is 673 g/mol. The number of aryl methyl sites for hydroxylation is 8. The molecule has 1 aliphatic carbocycles. The van der Waals surface area contributed by atoms with Crippen molar-refractivity contribution in [2.75, 3.05) is 0 Å². The van der Waals surface area contributed by atoms with Crippen molar-refractivity contribution in [1.29, 1.82) is 0 Å². The molecule has 5 rings (SSSR count). The van der Waals surface area contributed by atoms with Gasteiger partial charge in [-0.1, -0.05) is 153 Å². The van der Waals surface area contributed by atoms with Gasteiger partial charge in [-0.3, -0.25) is 0 Å². The first-order valence-corrected chi connectivity index (χ1v) is 23.4. The van der Waals surface area contributed by atoms with Gasteiger partial charge in [0.15, 0.2) is 0 Å². The van der Waals surface area contributed by atoms with Crippen molar-refractivity contribution in [2.45, 2.75) is 209 Å². The third-order valence-electron chi connectivity index (χ3n) is 14.0.